The van der Waals surface area contributed by atoms with E-state index < -0.39 is 0 Å². The molecule has 2 nitrogen and oxygen atoms in total. The second-order valence-corrected chi connectivity index (χ2v) is 5.50. The molecule has 19 heavy (non-hydrogen) atoms. The van der Waals surface area contributed by atoms with Crippen LogP contribution in [0.5, 0.6) is 5.75 Å². The fourth-order valence-corrected chi connectivity index (χ4v) is 2.94. The van der Waals surface area contributed by atoms with Crippen molar-refractivity contribution in [2.24, 2.45) is 5.73 Å². The lowest BCUT2D eigenvalue weighted by molar-refractivity contribution is 0.161. The number of ether oxygens (including phenoxy) is 1. The Hall–Kier alpha value is -1.22. The maximum absolute atomic E-state index is 6.23. The van der Waals surface area contributed by atoms with Crippen LogP contribution in [0.1, 0.15) is 29.7 Å². The molecule has 0 fully saturated rings. The highest BCUT2D eigenvalue weighted by Crippen LogP contribution is 2.41. The van der Waals surface area contributed by atoms with Gasteiger partial charge >= 0.3 is 0 Å². The molecule has 4 heteroatoms. The molecule has 0 aliphatic carbocycles. The summed E-state index contributed by atoms with van der Waals surface area (Å²) >= 11 is 12.1. The average Bonchev–Trinajstić information content (AvgIpc) is 2.38. The van der Waals surface area contributed by atoms with E-state index >= 15 is 0 Å². The van der Waals surface area contributed by atoms with E-state index in [0.29, 0.717) is 16.5 Å². The van der Waals surface area contributed by atoms with Gasteiger partial charge in [0.05, 0.1) is 0 Å². The van der Waals surface area contributed by atoms with E-state index in [4.69, 9.17) is 33.7 Å². The van der Waals surface area contributed by atoms with Crippen molar-refractivity contribution in [2.75, 3.05) is 0 Å². The molecular formula is C15H13Cl2NO. The molecule has 2 aromatic carbocycles. The molecule has 2 N–H and O–H groups in total. The first-order chi connectivity index (χ1) is 9.15. The summed E-state index contributed by atoms with van der Waals surface area (Å²) in [4.78, 5) is 0. The fraction of sp³-hybridized carbons (Fsp3) is 0.200. The van der Waals surface area contributed by atoms with Gasteiger partial charge in [-0.15, -0.1) is 0 Å². The number of hydrogen-bond donors (Lipinski definition) is 1. The molecule has 98 valence electrons. The summed E-state index contributed by atoms with van der Waals surface area (Å²) in [6, 6.07) is 13.3. The van der Waals surface area contributed by atoms with E-state index in [1.54, 1.807) is 6.07 Å². The van der Waals surface area contributed by atoms with E-state index in [9.17, 15) is 0 Å². The predicted octanol–water partition coefficient (Wildman–Crippen LogP) is 4.52. The van der Waals surface area contributed by atoms with Gasteiger partial charge in [0.1, 0.15) is 11.9 Å². The Labute approximate surface area is 122 Å². The summed E-state index contributed by atoms with van der Waals surface area (Å²) in [5.41, 5.74) is 8.18. The first kappa shape index (κ1) is 12.8. The number of benzene rings is 2. The highest BCUT2D eigenvalue weighted by Gasteiger charge is 2.27. The third kappa shape index (κ3) is 2.44. The zero-order valence-electron chi connectivity index (χ0n) is 10.1. The Morgan fingerprint density at radius 1 is 1.05 bits per heavy atom. The maximum atomic E-state index is 6.23. The van der Waals surface area contributed by atoms with Crippen LogP contribution in [0.2, 0.25) is 10.0 Å². The van der Waals surface area contributed by atoms with Crippen LogP contribution in [0.15, 0.2) is 42.5 Å². The molecule has 3 rings (SSSR count). The Morgan fingerprint density at radius 2 is 1.84 bits per heavy atom. The summed E-state index contributed by atoms with van der Waals surface area (Å²) in [6.07, 6.45) is 0.577. The summed E-state index contributed by atoms with van der Waals surface area (Å²) < 4.78 is 6.00. The molecule has 0 saturated heterocycles. The number of halogens is 2. The van der Waals surface area contributed by atoms with Crippen LogP contribution in [-0.4, -0.2) is 0 Å². The molecule has 1 unspecified atom stereocenters. The highest BCUT2D eigenvalue weighted by atomic mass is 35.5. The Bertz CT molecular complexity index is 615. The van der Waals surface area contributed by atoms with Crippen molar-refractivity contribution in [3.63, 3.8) is 0 Å². The number of nitrogens with two attached hydrogens (primary N) is 1. The number of hydrogen-bond acceptors (Lipinski definition) is 2. The number of rotatable bonds is 1. The molecule has 2 aromatic rings. The van der Waals surface area contributed by atoms with Crippen LogP contribution in [0, 0.1) is 0 Å². The molecule has 1 heterocycles. The smallest absolute Gasteiger partial charge is 0.127 e. The van der Waals surface area contributed by atoms with Crippen LogP contribution in [0.4, 0.5) is 0 Å². The van der Waals surface area contributed by atoms with E-state index in [2.05, 4.69) is 0 Å². The second-order valence-electron chi connectivity index (χ2n) is 4.65. The quantitative estimate of drug-likeness (QED) is 0.839. The standard InChI is InChI=1S/C15H13Cl2NO/c16-9-5-6-10(12(17)7-9)15-8-13(18)11-3-1-2-4-14(11)19-15/h1-7,13,15H,8,18H2/t13-,15?/m0/s1. The van der Waals surface area contributed by atoms with Crippen molar-refractivity contribution < 1.29 is 4.74 Å². The minimum absolute atomic E-state index is 0.0401. The van der Waals surface area contributed by atoms with Crippen molar-refractivity contribution in [1.82, 2.24) is 0 Å². The molecule has 0 bridgehead atoms. The third-order valence-corrected chi connectivity index (χ3v) is 3.93. The molecule has 0 aromatic heterocycles. The number of fused-ring (bicyclic) bond motifs is 1. The normalized spacial score (nSPS) is 21.6. The summed E-state index contributed by atoms with van der Waals surface area (Å²) in [5, 5.41) is 1.23. The van der Waals surface area contributed by atoms with Gasteiger partial charge in [-0.25, -0.2) is 0 Å². The summed E-state index contributed by atoms with van der Waals surface area (Å²) in [5.74, 6) is 0.831. The SMILES string of the molecule is N[C@H]1CC(c2ccc(Cl)cc2Cl)Oc2ccccc21. The lowest BCUT2D eigenvalue weighted by Crippen LogP contribution is -2.24. The number of para-hydroxylation sites is 1. The van der Waals surface area contributed by atoms with Gasteiger partial charge in [-0.1, -0.05) is 47.5 Å². The fourth-order valence-electron chi connectivity index (χ4n) is 2.41. The van der Waals surface area contributed by atoms with Crippen molar-refractivity contribution in [3.05, 3.63) is 63.6 Å². The lowest BCUT2D eigenvalue weighted by Gasteiger charge is -2.31. The van der Waals surface area contributed by atoms with Crippen molar-refractivity contribution >= 4 is 23.2 Å². The van der Waals surface area contributed by atoms with E-state index in [1.165, 1.54) is 0 Å². The van der Waals surface area contributed by atoms with Crippen LogP contribution < -0.4 is 10.5 Å². The minimum Gasteiger partial charge on any atom is -0.485 e. The second kappa shape index (κ2) is 5.04. The molecule has 1 aliphatic heterocycles. The van der Waals surface area contributed by atoms with Gasteiger partial charge in [0.15, 0.2) is 0 Å². The molecule has 0 spiro atoms. The Morgan fingerprint density at radius 3 is 2.63 bits per heavy atom. The monoisotopic (exact) mass is 293 g/mol. The van der Waals surface area contributed by atoms with Crippen molar-refractivity contribution in [3.8, 4) is 5.75 Å². The van der Waals surface area contributed by atoms with E-state index in [1.807, 2.05) is 36.4 Å². The largest absolute Gasteiger partial charge is 0.485 e. The topological polar surface area (TPSA) is 35.2 Å². The summed E-state index contributed by atoms with van der Waals surface area (Å²) in [6.45, 7) is 0. The van der Waals surface area contributed by atoms with Crippen molar-refractivity contribution in [2.45, 2.75) is 18.6 Å². The average molecular weight is 294 g/mol. The Balaban J connectivity index is 1.97. The first-order valence-electron chi connectivity index (χ1n) is 6.11. The molecule has 1 aliphatic rings. The maximum Gasteiger partial charge on any atom is 0.127 e. The molecular weight excluding hydrogens is 281 g/mol. The van der Waals surface area contributed by atoms with Gasteiger partial charge in [0.2, 0.25) is 0 Å². The van der Waals surface area contributed by atoms with Gasteiger partial charge < -0.3 is 10.5 Å². The van der Waals surface area contributed by atoms with Crippen molar-refractivity contribution in [1.29, 1.82) is 0 Å². The van der Waals surface area contributed by atoms with Gasteiger partial charge in [0.25, 0.3) is 0 Å². The minimum atomic E-state index is -0.130. The molecule has 2 atom stereocenters. The molecule has 0 saturated carbocycles. The predicted molar refractivity (Wildman–Crippen MR) is 77.8 cm³/mol. The van der Waals surface area contributed by atoms with Gasteiger partial charge in [-0.3, -0.25) is 0 Å². The molecule has 0 radical (unpaired) electrons. The van der Waals surface area contributed by atoms with E-state index in [-0.39, 0.29) is 12.1 Å². The van der Waals surface area contributed by atoms with Gasteiger partial charge in [-0.05, 0) is 18.2 Å². The Kier molecular flexibility index (Phi) is 3.40. The van der Waals surface area contributed by atoms with Crippen LogP contribution in [0.3, 0.4) is 0 Å². The van der Waals surface area contributed by atoms with E-state index in [0.717, 1.165) is 16.9 Å². The zero-order valence-corrected chi connectivity index (χ0v) is 11.7. The highest BCUT2D eigenvalue weighted by molar-refractivity contribution is 6.35. The van der Waals surface area contributed by atoms with Gasteiger partial charge in [-0.2, -0.15) is 0 Å². The molecule has 0 amide bonds. The lowest BCUT2D eigenvalue weighted by atomic mass is 9.93. The third-order valence-electron chi connectivity index (χ3n) is 3.37. The van der Waals surface area contributed by atoms with Crippen LogP contribution in [-0.2, 0) is 0 Å². The van der Waals surface area contributed by atoms with Crippen LogP contribution >= 0.6 is 23.2 Å². The van der Waals surface area contributed by atoms with Crippen LogP contribution in [0.25, 0.3) is 0 Å². The van der Waals surface area contributed by atoms with Gasteiger partial charge in [0, 0.05) is 33.6 Å². The zero-order chi connectivity index (χ0) is 13.4. The first-order valence-corrected chi connectivity index (χ1v) is 6.87. The summed E-state index contributed by atoms with van der Waals surface area (Å²) in [7, 11) is 0.